The van der Waals surface area contributed by atoms with E-state index >= 15 is 0 Å². The number of anilines is 1. The first-order valence-corrected chi connectivity index (χ1v) is 15.2. The zero-order valence-corrected chi connectivity index (χ0v) is 22.3. The molecule has 1 aliphatic carbocycles. The van der Waals surface area contributed by atoms with E-state index in [1.165, 1.54) is 4.31 Å². The highest BCUT2D eigenvalue weighted by atomic mass is 32.2. The predicted molar refractivity (Wildman–Crippen MR) is 145 cm³/mol. The second-order valence-electron chi connectivity index (χ2n) is 9.73. The minimum Gasteiger partial charge on any atom is -0.436 e. The number of rotatable bonds is 6. The van der Waals surface area contributed by atoms with E-state index in [0.29, 0.717) is 35.6 Å². The molecule has 2 aliphatic rings. The summed E-state index contributed by atoms with van der Waals surface area (Å²) in [7, 11) is -3.94. The number of nitrogens with zero attached hydrogens (tertiary/aromatic N) is 3. The minimum absolute atomic E-state index is 0.174. The predicted octanol–water partition coefficient (Wildman–Crippen LogP) is 5.60. The van der Waals surface area contributed by atoms with Crippen molar-refractivity contribution in [2.45, 2.75) is 61.2 Å². The summed E-state index contributed by atoms with van der Waals surface area (Å²) in [6.45, 7) is 0. The monoisotopic (exact) mass is 549 g/mol. The van der Waals surface area contributed by atoms with Crippen LogP contribution in [0.4, 0.5) is 5.69 Å². The number of imide groups is 1. The SMILES string of the molecule is O=C1CC(N(C2CCCCCC2)S(=O)(=O)c2cccs2)C(=O)N1c1ccc(-c2nc3ccccc3o2)cc1. The first-order chi connectivity index (χ1) is 18.4. The lowest BCUT2D eigenvalue weighted by molar-refractivity contribution is -0.122. The fourth-order valence-electron chi connectivity index (χ4n) is 5.48. The van der Waals surface area contributed by atoms with Gasteiger partial charge < -0.3 is 4.42 Å². The molecule has 2 amide bonds. The fraction of sp³-hybridized carbons (Fsp3) is 0.321. The van der Waals surface area contributed by atoms with E-state index in [9.17, 15) is 18.0 Å². The number of amides is 2. The zero-order chi connectivity index (χ0) is 26.3. The third-order valence-corrected chi connectivity index (χ3v) is 10.6. The lowest BCUT2D eigenvalue weighted by atomic mass is 10.1. The first-order valence-electron chi connectivity index (χ1n) is 12.8. The van der Waals surface area contributed by atoms with E-state index < -0.39 is 27.9 Å². The average Bonchev–Trinajstić information content (AvgIpc) is 3.61. The normalized spacial score (nSPS) is 19.5. The molecule has 1 aliphatic heterocycles. The third-order valence-electron chi connectivity index (χ3n) is 7.31. The number of sulfonamides is 1. The summed E-state index contributed by atoms with van der Waals surface area (Å²) in [6, 6.07) is 16.2. The number of thiophene rings is 1. The number of carbonyl (C=O) groups is 2. The Hall–Kier alpha value is -3.34. The molecule has 1 saturated heterocycles. The van der Waals surface area contributed by atoms with Crippen LogP contribution in [0.1, 0.15) is 44.9 Å². The van der Waals surface area contributed by atoms with Crippen LogP contribution in [0.5, 0.6) is 0 Å². The van der Waals surface area contributed by atoms with Gasteiger partial charge in [-0.25, -0.2) is 18.3 Å². The Morgan fingerprint density at radius 1 is 0.921 bits per heavy atom. The van der Waals surface area contributed by atoms with Crippen LogP contribution in [0, 0.1) is 0 Å². The smallest absolute Gasteiger partial charge is 0.253 e. The highest BCUT2D eigenvalue weighted by Crippen LogP contribution is 2.36. The summed E-state index contributed by atoms with van der Waals surface area (Å²) >= 11 is 1.13. The Kier molecular flexibility index (Phi) is 6.63. The van der Waals surface area contributed by atoms with Gasteiger partial charge in [0.1, 0.15) is 15.8 Å². The molecule has 0 N–H and O–H groups in total. The van der Waals surface area contributed by atoms with Crippen molar-refractivity contribution in [3.8, 4) is 11.5 Å². The van der Waals surface area contributed by atoms with E-state index in [1.807, 2.05) is 24.3 Å². The lowest BCUT2D eigenvalue weighted by Gasteiger charge is -2.33. The molecule has 0 spiro atoms. The molecule has 3 heterocycles. The van der Waals surface area contributed by atoms with E-state index in [-0.39, 0.29) is 16.7 Å². The Bertz CT molecular complexity index is 1540. The number of aromatic nitrogens is 1. The van der Waals surface area contributed by atoms with Crippen molar-refractivity contribution in [1.82, 2.24) is 9.29 Å². The van der Waals surface area contributed by atoms with Crippen LogP contribution in [0.2, 0.25) is 0 Å². The summed E-state index contributed by atoms with van der Waals surface area (Å²) in [5, 5.41) is 1.71. The van der Waals surface area contributed by atoms with Crippen molar-refractivity contribution in [3.63, 3.8) is 0 Å². The highest BCUT2D eigenvalue weighted by molar-refractivity contribution is 7.91. The van der Waals surface area contributed by atoms with Crippen LogP contribution in [-0.4, -0.2) is 41.6 Å². The van der Waals surface area contributed by atoms with Gasteiger partial charge in [-0.3, -0.25) is 9.59 Å². The van der Waals surface area contributed by atoms with Crippen molar-refractivity contribution in [1.29, 1.82) is 0 Å². The molecule has 2 aromatic heterocycles. The molecule has 6 rings (SSSR count). The summed E-state index contributed by atoms with van der Waals surface area (Å²) in [5.41, 5.74) is 2.52. The molecule has 1 saturated carbocycles. The molecule has 0 radical (unpaired) electrons. The van der Waals surface area contributed by atoms with Gasteiger partial charge in [-0.15, -0.1) is 11.3 Å². The summed E-state index contributed by atoms with van der Waals surface area (Å²) in [5.74, 6) is -0.472. The average molecular weight is 550 g/mol. The molecule has 1 atom stereocenters. The molecule has 10 heteroatoms. The number of benzene rings is 2. The molecular formula is C28H27N3O5S2. The summed E-state index contributed by atoms with van der Waals surface area (Å²) < 4.78 is 35.0. The molecular weight excluding hydrogens is 522 g/mol. The Morgan fingerprint density at radius 2 is 1.66 bits per heavy atom. The summed E-state index contributed by atoms with van der Waals surface area (Å²) in [4.78, 5) is 32.6. The molecule has 1 unspecified atom stereocenters. The van der Waals surface area contributed by atoms with Crippen LogP contribution < -0.4 is 4.90 Å². The van der Waals surface area contributed by atoms with Crippen LogP contribution in [0.15, 0.2) is 74.7 Å². The second kappa shape index (κ2) is 10.1. The van der Waals surface area contributed by atoms with Gasteiger partial charge in [-0.05, 0) is 60.7 Å². The Morgan fingerprint density at radius 3 is 2.34 bits per heavy atom. The number of hydrogen-bond acceptors (Lipinski definition) is 7. The van der Waals surface area contributed by atoms with E-state index in [2.05, 4.69) is 4.98 Å². The molecule has 2 aromatic carbocycles. The maximum Gasteiger partial charge on any atom is 0.253 e. The molecule has 38 heavy (non-hydrogen) atoms. The number of oxazole rings is 1. The Balaban J connectivity index is 1.31. The van der Waals surface area contributed by atoms with Gasteiger partial charge in [0.15, 0.2) is 5.58 Å². The molecule has 2 fully saturated rings. The Labute approximate surface area is 224 Å². The van der Waals surface area contributed by atoms with Gasteiger partial charge in [0, 0.05) is 11.6 Å². The van der Waals surface area contributed by atoms with Gasteiger partial charge in [0.25, 0.3) is 15.9 Å². The second-order valence-corrected chi connectivity index (χ2v) is 12.8. The van der Waals surface area contributed by atoms with Gasteiger partial charge in [0.05, 0.1) is 12.1 Å². The zero-order valence-electron chi connectivity index (χ0n) is 20.7. The van der Waals surface area contributed by atoms with Gasteiger partial charge >= 0.3 is 0 Å². The molecule has 0 bridgehead atoms. The molecule has 8 nitrogen and oxygen atoms in total. The van der Waals surface area contributed by atoms with Crippen molar-refractivity contribution in [2.24, 2.45) is 0 Å². The van der Waals surface area contributed by atoms with Crippen molar-refractivity contribution in [2.75, 3.05) is 4.90 Å². The number of hydrogen-bond donors (Lipinski definition) is 0. The number of fused-ring (bicyclic) bond motifs is 1. The maximum atomic E-state index is 13.8. The standard InChI is InChI=1S/C28H27N3O5S2/c32-25-18-23(31(21-8-3-1-2-4-9-21)38(34,35)26-12-7-17-37-26)28(33)30(25)20-15-13-19(14-16-20)27-29-22-10-5-6-11-24(22)36-27/h5-7,10-17,21,23H,1-4,8-9,18H2. The number of carbonyl (C=O) groups excluding carboxylic acids is 2. The van der Waals surface area contributed by atoms with Crippen molar-refractivity contribution < 1.29 is 22.4 Å². The van der Waals surface area contributed by atoms with E-state index in [4.69, 9.17) is 4.42 Å². The minimum atomic E-state index is -3.94. The van der Waals surface area contributed by atoms with Crippen molar-refractivity contribution >= 4 is 50.0 Å². The van der Waals surface area contributed by atoms with Gasteiger partial charge in [-0.2, -0.15) is 4.31 Å². The summed E-state index contributed by atoms with van der Waals surface area (Å²) in [6.07, 6.45) is 5.07. The fourth-order valence-corrected chi connectivity index (χ4v) is 8.40. The number of para-hydroxylation sites is 2. The van der Waals surface area contributed by atoms with E-state index in [0.717, 1.165) is 47.4 Å². The maximum absolute atomic E-state index is 13.8. The molecule has 196 valence electrons. The first kappa shape index (κ1) is 25.0. The van der Waals surface area contributed by atoms with Gasteiger partial charge in [0.2, 0.25) is 11.8 Å². The van der Waals surface area contributed by atoms with E-state index in [1.54, 1.807) is 41.8 Å². The van der Waals surface area contributed by atoms with Crippen LogP contribution in [-0.2, 0) is 19.6 Å². The van der Waals surface area contributed by atoms with Crippen molar-refractivity contribution in [3.05, 3.63) is 66.0 Å². The third kappa shape index (κ3) is 4.46. The van der Waals surface area contributed by atoms with Crippen LogP contribution >= 0.6 is 11.3 Å². The quantitative estimate of drug-likeness (QED) is 0.229. The van der Waals surface area contributed by atoms with Crippen LogP contribution in [0.3, 0.4) is 0 Å². The van der Waals surface area contributed by atoms with Crippen LogP contribution in [0.25, 0.3) is 22.6 Å². The lowest BCUT2D eigenvalue weighted by Crippen LogP contribution is -2.50. The largest absolute Gasteiger partial charge is 0.436 e. The molecule has 4 aromatic rings. The topological polar surface area (TPSA) is 101 Å². The van der Waals surface area contributed by atoms with Gasteiger partial charge in [-0.1, -0.05) is 43.9 Å². The highest BCUT2D eigenvalue weighted by Gasteiger charge is 2.49.